The first kappa shape index (κ1) is 17.6. The van der Waals surface area contributed by atoms with Gasteiger partial charge < -0.3 is 10.2 Å². The van der Waals surface area contributed by atoms with Crippen molar-refractivity contribution < 1.29 is 17.6 Å². The molecule has 1 aromatic heterocycles. The molecule has 3 rings (SSSR count). The third kappa shape index (κ3) is 3.45. The molecule has 25 heavy (non-hydrogen) atoms. The van der Waals surface area contributed by atoms with Gasteiger partial charge >= 0.3 is 0 Å². The van der Waals surface area contributed by atoms with Crippen LogP contribution in [0.5, 0.6) is 0 Å². The summed E-state index contributed by atoms with van der Waals surface area (Å²) < 4.78 is 32.3. The van der Waals surface area contributed by atoms with Crippen LogP contribution in [-0.4, -0.2) is 36.7 Å². The number of primary amides is 1. The van der Waals surface area contributed by atoms with Gasteiger partial charge in [-0.15, -0.1) is 0 Å². The molecular formula is C17H21N3O4S. The van der Waals surface area contributed by atoms with Gasteiger partial charge in [0.25, 0.3) is 0 Å². The van der Waals surface area contributed by atoms with Gasteiger partial charge in [-0.05, 0) is 31.9 Å². The molecule has 2 aromatic rings. The number of aryl methyl sites for hydroxylation is 2. The van der Waals surface area contributed by atoms with Crippen LogP contribution in [-0.2, 0) is 14.8 Å². The van der Waals surface area contributed by atoms with E-state index in [1.54, 1.807) is 31.2 Å². The molecule has 1 amide bonds. The van der Waals surface area contributed by atoms with Crippen LogP contribution in [0.15, 0.2) is 33.6 Å². The Bertz CT molecular complexity index is 879. The zero-order chi connectivity index (χ0) is 18.2. The van der Waals surface area contributed by atoms with Crippen LogP contribution in [0.2, 0.25) is 0 Å². The quantitative estimate of drug-likeness (QED) is 0.892. The molecule has 134 valence electrons. The van der Waals surface area contributed by atoms with Crippen LogP contribution in [0.25, 0.3) is 11.3 Å². The number of benzene rings is 1. The van der Waals surface area contributed by atoms with Gasteiger partial charge in [-0.1, -0.05) is 12.1 Å². The first-order valence-electron chi connectivity index (χ1n) is 8.13. The average molecular weight is 363 g/mol. The number of amides is 1. The van der Waals surface area contributed by atoms with Crippen molar-refractivity contribution >= 4 is 15.9 Å². The summed E-state index contributed by atoms with van der Waals surface area (Å²) in [6.07, 6.45) is 0.925. The monoisotopic (exact) mass is 363 g/mol. The summed E-state index contributed by atoms with van der Waals surface area (Å²) in [7, 11) is -3.58. The molecule has 0 bridgehead atoms. The smallest absolute Gasteiger partial charge is 0.243 e. The summed E-state index contributed by atoms with van der Waals surface area (Å²) in [5.74, 6) is 0.662. The minimum Gasteiger partial charge on any atom is -0.446 e. The highest BCUT2D eigenvalue weighted by molar-refractivity contribution is 7.89. The van der Waals surface area contributed by atoms with E-state index >= 15 is 0 Å². The summed E-state index contributed by atoms with van der Waals surface area (Å²) in [6, 6.07) is 6.61. The van der Waals surface area contributed by atoms with E-state index in [1.165, 1.54) is 4.31 Å². The lowest BCUT2D eigenvalue weighted by Gasteiger charge is -2.29. The van der Waals surface area contributed by atoms with Gasteiger partial charge in [-0.3, -0.25) is 4.79 Å². The lowest BCUT2D eigenvalue weighted by molar-refractivity contribution is -0.122. The number of nitrogens with two attached hydrogens (primary N) is 1. The molecule has 1 saturated heterocycles. The molecule has 0 spiro atoms. The predicted molar refractivity (Wildman–Crippen MR) is 92.1 cm³/mol. The third-order valence-corrected chi connectivity index (χ3v) is 6.44. The Labute approximate surface area is 146 Å². The topological polar surface area (TPSA) is 107 Å². The van der Waals surface area contributed by atoms with E-state index in [0.29, 0.717) is 43.3 Å². The molecular weight excluding hydrogens is 342 g/mol. The van der Waals surface area contributed by atoms with Crippen molar-refractivity contribution in [2.45, 2.75) is 31.6 Å². The van der Waals surface area contributed by atoms with Crippen molar-refractivity contribution in [2.75, 3.05) is 13.1 Å². The van der Waals surface area contributed by atoms with Crippen molar-refractivity contribution in [3.05, 3.63) is 35.9 Å². The van der Waals surface area contributed by atoms with Crippen LogP contribution < -0.4 is 5.73 Å². The number of piperidine rings is 1. The van der Waals surface area contributed by atoms with Crippen molar-refractivity contribution in [1.29, 1.82) is 0 Å². The molecule has 0 radical (unpaired) electrons. The van der Waals surface area contributed by atoms with E-state index in [4.69, 9.17) is 10.2 Å². The van der Waals surface area contributed by atoms with Gasteiger partial charge in [0.1, 0.15) is 11.5 Å². The molecule has 1 aliphatic rings. The van der Waals surface area contributed by atoms with Crippen molar-refractivity contribution in [1.82, 2.24) is 9.29 Å². The standard InChI is InChI=1S/C17H21N3O4S/c1-11-16(19-12(2)24-11)13-3-5-15(6-4-13)25(22,23)20-9-7-14(8-10-20)17(18)21/h3-6,14H,7-10H2,1-2H3,(H2,18,21). The molecule has 0 saturated carbocycles. The molecule has 1 aromatic carbocycles. The number of sulfonamides is 1. The van der Waals surface area contributed by atoms with E-state index in [0.717, 1.165) is 5.56 Å². The summed E-state index contributed by atoms with van der Waals surface area (Å²) in [5, 5.41) is 0. The maximum atomic E-state index is 12.8. The minimum atomic E-state index is -3.58. The molecule has 0 aliphatic carbocycles. The number of rotatable bonds is 4. The Morgan fingerprint density at radius 1 is 1.20 bits per heavy atom. The van der Waals surface area contributed by atoms with E-state index in [-0.39, 0.29) is 16.7 Å². The molecule has 1 fully saturated rings. The molecule has 1 aliphatic heterocycles. The Balaban J connectivity index is 1.79. The Morgan fingerprint density at radius 3 is 2.28 bits per heavy atom. The minimum absolute atomic E-state index is 0.228. The lowest BCUT2D eigenvalue weighted by Crippen LogP contribution is -2.41. The molecule has 8 heteroatoms. The summed E-state index contributed by atoms with van der Waals surface area (Å²) in [4.78, 5) is 15.8. The van der Waals surface area contributed by atoms with Crippen LogP contribution in [0, 0.1) is 19.8 Å². The third-order valence-electron chi connectivity index (χ3n) is 4.53. The number of carbonyl (C=O) groups excluding carboxylic acids is 1. The molecule has 0 unspecified atom stereocenters. The fourth-order valence-electron chi connectivity index (χ4n) is 3.11. The van der Waals surface area contributed by atoms with Gasteiger partial charge in [0.2, 0.25) is 15.9 Å². The molecule has 0 atom stereocenters. The Hall–Kier alpha value is -2.19. The van der Waals surface area contributed by atoms with Crippen molar-refractivity contribution in [3.8, 4) is 11.3 Å². The van der Waals surface area contributed by atoms with Gasteiger partial charge in [0.15, 0.2) is 5.89 Å². The number of carbonyl (C=O) groups is 1. The molecule has 2 heterocycles. The van der Waals surface area contributed by atoms with Gasteiger partial charge in [0.05, 0.1) is 4.90 Å². The zero-order valence-corrected chi connectivity index (χ0v) is 15.0. The van der Waals surface area contributed by atoms with E-state index in [9.17, 15) is 13.2 Å². The summed E-state index contributed by atoms with van der Waals surface area (Å²) in [6.45, 7) is 4.20. The summed E-state index contributed by atoms with van der Waals surface area (Å²) >= 11 is 0. The predicted octanol–water partition coefficient (Wildman–Crippen LogP) is 1.84. The van der Waals surface area contributed by atoms with Crippen molar-refractivity contribution in [2.24, 2.45) is 11.7 Å². The maximum Gasteiger partial charge on any atom is 0.243 e. The lowest BCUT2D eigenvalue weighted by atomic mass is 9.98. The average Bonchev–Trinajstić information content (AvgIpc) is 2.93. The number of hydrogen-bond acceptors (Lipinski definition) is 5. The molecule has 2 N–H and O–H groups in total. The highest BCUT2D eigenvalue weighted by atomic mass is 32.2. The fraction of sp³-hybridized carbons (Fsp3) is 0.412. The fourth-order valence-corrected chi connectivity index (χ4v) is 4.58. The van der Waals surface area contributed by atoms with Gasteiger partial charge in [-0.25, -0.2) is 13.4 Å². The van der Waals surface area contributed by atoms with Gasteiger partial charge in [0, 0.05) is 31.5 Å². The highest BCUT2D eigenvalue weighted by Crippen LogP contribution is 2.27. The van der Waals surface area contributed by atoms with E-state index in [1.807, 2.05) is 6.92 Å². The maximum absolute atomic E-state index is 12.8. The number of aromatic nitrogens is 1. The number of oxazole rings is 1. The van der Waals surface area contributed by atoms with E-state index < -0.39 is 10.0 Å². The Morgan fingerprint density at radius 2 is 1.80 bits per heavy atom. The van der Waals surface area contributed by atoms with Crippen molar-refractivity contribution in [3.63, 3.8) is 0 Å². The first-order chi connectivity index (χ1) is 11.8. The van der Waals surface area contributed by atoms with Gasteiger partial charge in [-0.2, -0.15) is 4.31 Å². The first-order valence-corrected chi connectivity index (χ1v) is 9.57. The van der Waals surface area contributed by atoms with Crippen LogP contribution in [0.1, 0.15) is 24.5 Å². The molecule has 7 nitrogen and oxygen atoms in total. The summed E-state index contributed by atoms with van der Waals surface area (Å²) in [5.41, 5.74) is 6.82. The van der Waals surface area contributed by atoms with Crippen LogP contribution in [0.4, 0.5) is 0 Å². The normalized spacial score (nSPS) is 16.9. The number of hydrogen-bond donors (Lipinski definition) is 1. The second kappa shape index (κ2) is 6.61. The van der Waals surface area contributed by atoms with Crippen LogP contribution >= 0.6 is 0 Å². The SMILES string of the molecule is Cc1nc(-c2ccc(S(=O)(=O)N3CCC(C(N)=O)CC3)cc2)c(C)o1. The van der Waals surface area contributed by atoms with Crippen LogP contribution in [0.3, 0.4) is 0 Å². The second-order valence-corrected chi connectivity index (χ2v) is 8.18. The number of nitrogens with zero attached hydrogens (tertiary/aromatic N) is 2. The highest BCUT2D eigenvalue weighted by Gasteiger charge is 2.31. The zero-order valence-electron chi connectivity index (χ0n) is 14.2. The van der Waals surface area contributed by atoms with E-state index in [2.05, 4.69) is 4.98 Å². The largest absolute Gasteiger partial charge is 0.446 e. The Kier molecular flexibility index (Phi) is 4.66. The second-order valence-electron chi connectivity index (χ2n) is 6.24.